The van der Waals surface area contributed by atoms with Gasteiger partial charge in [0.1, 0.15) is 0 Å². The van der Waals surface area contributed by atoms with Crippen LogP contribution in [0.2, 0.25) is 0 Å². The minimum absolute atomic E-state index is 0.335. The molecular weight excluding hydrogens is 282 g/mol. The molecule has 0 heterocycles. The first-order valence-corrected chi connectivity index (χ1v) is 8.54. The molecule has 0 bridgehead atoms. The molecule has 5 heteroatoms. The lowest BCUT2D eigenvalue weighted by Crippen LogP contribution is -2.34. The summed E-state index contributed by atoms with van der Waals surface area (Å²) in [6, 6.07) is 5.18. The Bertz CT molecular complexity index is 553. The van der Waals surface area contributed by atoms with Crippen molar-refractivity contribution in [2.45, 2.75) is 37.0 Å². The first kappa shape index (κ1) is 14.8. The van der Waals surface area contributed by atoms with E-state index in [0.29, 0.717) is 23.2 Å². The zero-order valence-corrected chi connectivity index (χ0v) is 13.0. The lowest BCUT2D eigenvalue weighted by atomic mass is 9.86. The van der Waals surface area contributed by atoms with E-state index in [2.05, 4.69) is 0 Å². The molecule has 0 aliphatic heterocycles. The number of hydrogen-bond donors (Lipinski definition) is 0. The van der Waals surface area contributed by atoms with Crippen molar-refractivity contribution in [2.24, 2.45) is 5.92 Å². The Hall–Kier alpha value is -0.580. The molecular formula is C14H20ClNO2S. The predicted octanol–water partition coefficient (Wildman–Crippen LogP) is 3.15. The van der Waals surface area contributed by atoms with E-state index in [9.17, 15) is 8.42 Å². The van der Waals surface area contributed by atoms with E-state index in [-0.39, 0.29) is 0 Å². The van der Waals surface area contributed by atoms with Crippen LogP contribution in [-0.4, -0.2) is 26.3 Å². The molecule has 1 aromatic carbocycles. The highest BCUT2D eigenvalue weighted by Crippen LogP contribution is 2.29. The Kier molecular flexibility index (Phi) is 4.54. The van der Waals surface area contributed by atoms with Gasteiger partial charge in [0.25, 0.3) is 0 Å². The normalized spacial score (nSPS) is 16.6. The molecule has 2 rings (SSSR count). The quantitative estimate of drug-likeness (QED) is 0.784. The van der Waals surface area contributed by atoms with E-state index in [1.54, 1.807) is 19.2 Å². The number of alkyl halides is 1. The maximum Gasteiger partial charge on any atom is 0.242 e. The van der Waals surface area contributed by atoms with Crippen LogP contribution < -0.4 is 0 Å². The Labute approximate surface area is 120 Å². The highest BCUT2D eigenvalue weighted by Gasteiger charge is 2.26. The zero-order chi connectivity index (χ0) is 14.0. The maximum absolute atomic E-state index is 12.5. The molecule has 1 aliphatic rings. The molecule has 0 atom stereocenters. The van der Waals surface area contributed by atoms with Gasteiger partial charge < -0.3 is 0 Å². The third-order valence-corrected chi connectivity index (χ3v) is 6.02. The Morgan fingerprint density at radius 3 is 2.58 bits per heavy atom. The summed E-state index contributed by atoms with van der Waals surface area (Å²) in [6.07, 6.45) is 3.50. The molecule has 3 nitrogen and oxygen atoms in total. The molecule has 0 N–H and O–H groups in total. The Balaban J connectivity index is 2.22. The van der Waals surface area contributed by atoms with Gasteiger partial charge in [-0.3, -0.25) is 0 Å². The van der Waals surface area contributed by atoms with Crippen molar-refractivity contribution in [3.05, 3.63) is 29.3 Å². The van der Waals surface area contributed by atoms with Gasteiger partial charge in [-0.05, 0) is 48.9 Å². The first-order chi connectivity index (χ1) is 8.95. The molecule has 0 amide bonds. The van der Waals surface area contributed by atoms with Crippen molar-refractivity contribution < 1.29 is 8.42 Å². The predicted molar refractivity (Wildman–Crippen MR) is 77.9 cm³/mol. The SMILES string of the molecule is Cc1ccc(S(=O)(=O)N(C)CC2CCC2)cc1CCl. The van der Waals surface area contributed by atoms with Gasteiger partial charge in [0.15, 0.2) is 0 Å². The van der Waals surface area contributed by atoms with Crippen LogP contribution in [0.4, 0.5) is 0 Å². The van der Waals surface area contributed by atoms with E-state index in [1.165, 1.54) is 10.7 Å². The monoisotopic (exact) mass is 301 g/mol. The number of benzene rings is 1. The average Bonchev–Trinajstić information content (AvgIpc) is 2.33. The van der Waals surface area contributed by atoms with Gasteiger partial charge in [-0.2, -0.15) is 0 Å². The number of hydrogen-bond acceptors (Lipinski definition) is 2. The first-order valence-electron chi connectivity index (χ1n) is 6.57. The number of halogens is 1. The van der Waals surface area contributed by atoms with Crippen molar-refractivity contribution in [3.8, 4) is 0 Å². The van der Waals surface area contributed by atoms with Crippen molar-refractivity contribution in [1.29, 1.82) is 0 Å². The van der Waals surface area contributed by atoms with E-state index in [0.717, 1.165) is 24.0 Å². The smallest absolute Gasteiger partial charge is 0.207 e. The molecule has 19 heavy (non-hydrogen) atoms. The Morgan fingerprint density at radius 2 is 2.05 bits per heavy atom. The van der Waals surface area contributed by atoms with Crippen LogP contribution in [0.1, 0.15) is 30.4 Å². The van der Waals surface area contributed by atoms with Crippen LogP contribution in [0.25, 0.3) is 0 Å². The lowest BCUT2D eigenvalue weighted by molar-refractivity contribution is 0.263. The zero-order valence-electron chi connectivity index (χ0n) is 11.4. The van der Waals surface area contributed by atoms with E-state index in [4.69, 9.17) is 11.6 Å². The summed E-state index contributed by atoms with van der Waals surface area (Å²) < 4.78 is 26.4. The summed E-state index contributed by atoms with van der Waals surface area (Å²) in [6.45, 7) is 2.55. The number of sulfonamides is 1. The summed E-state index contributed by atoms with van der Waals surface area (Å²) in [5.41, 5.74) is 1.90. The third-order valence-electron chi connectivity index (χ3n) is 3.91. The van der Waals surface area contributed by atoms with Gasteiger partial charge in [-0.1, -0.05) is 12.5 Å². The third kappa shape index (κ3) is 3.12. The average molecular weight is 302 g/mol. The molecule has 0 spiro atoms. The van der Waals surface area contributed by atoms with Crippen LogP contribution in [0.15, 0.2) is 23.1 Å². The van der Waals surface area contributed by atoms with Crippen molar-refractivity contribution in [3.63, 3.8) is 0 Å². The molecule has 0 saturated heterocycles. The highest BCUT2D eigenvalue weighted by molar-refractivity contribution is 7.89. The summed E-state index contributed by atoms with van der Waals surface area (Å²) >= 11 is 5.84. The van der Waals surface area contributed by atoms with Crippen molar-refractivity contribution >= 4 is 21.6 Å². The fraction of sp³-hybridized carbons (Fsp3) is 0.571. The van der Waals surface area contributed by atoms with Gasteiger partial charge >= 0.3 is 0 Å². The van der Waals surface area contributed by atoms with Crippen LogP contribution in [0.3, 0.4) is 0 Å². The molecule has 1 aliphatic carbocycles. The second-order valence-electron chi connectivity index (χ2n) is 5.30. The molecule has 0 aromatic heterocycles. The van der Waals surface area contributed by atoms with Crippen molar-refractivity contribution in [1.82, 2.24) is 4.31 Å². The second-order valence-corrected chi connectivity index (χ2v) is 7.62. The Morgan fingerprint density at radius 1 is 1.37 bits per heavy atom. The lowest BCUT2D eigenvalue weighted by Gasteiger charge is -2.29. The summed E-state index contributed by atoms with van der Waals surface area (Å²) in [5.74, 6) is 0.861. The standard InChI is InChI=1S/C14H20ClNO2S/c1-11-6-7-14(8-13(11)9-15)19(17,18)16(2)10-12-4-3-5-12/h6-8,12H,3-5,9-10H2,1-2H3. The number of rotatable bonds is 5. The van der Waals surface area contributed by atoms with Gasteiger partial charge in [0.05, 0.1) is 4.90 Å². The number of aryl methyl sites for hydroxylation is 1. The van der Waals surface area contributed by atoms with Crippen LogP contribution in [0.5, 0.6) is 0 Å². The van der Waals surface area contributed by atoms with E-state index in [1.807, 2.05) is 13.0 Å². The molecule has 106 valence electrons. The molecule has 1 aromatic rings. The van der Waals surface area contributed by atoms with Crippen LogP contribution in [-0.2, 0) is 15.9 Å². The van der Waals surface area contributed by atoms with Gasteiger partial charge in [0, 0.05) is 19.5 Å². The summed E-state index contributed by atoms with van der Waals surface area (Å²) in [4.78, 5) is 0.343. The summed E-state index contributed by atoms with van der Waals surface area (Å²) in [7, 11) is -1.72. The van der Waals surface area contributed by atoms with E-state index >= 15 is 0 Å². The van der Waals surface area contributed by atoms with E-state index < -0.39 is 10.0 Å². The highest BCUT2D eigenvalue weighted by atomic mass is 35.5. The maximum atomic E-state index is 12.5. The fourth-order valence-corrected chi connectivity index (χ4v) is 3.86. The minimum atomic E-state index is -3.38. The second kappa shape index (κ2) is 5.81. The minimum Gasteiger partial charge on any atom is -0.207 e. The van der Waals surface area contributed by atoms with Gasteiger partial charge in [-0.15, -0.1) is 11.6 Å². The topological polar surface area (TPSA) is 37.4 Å². The molecule has 1 saturated carbocycles. The fourth-order valence-electron chi connectivity index (χ4n) is 2.27. The molecule has 0 unspecified atom stereocenters. The number of nitrogens with zero attached hydrogens (tertiary/aromatic N) is 1. The van der Waals surface area contributed by atoms with Crippen LogP contribution >= 0.6 is 11.6 Å². The largest absolute Gasteiger partial charge is 0.242 e. The summed E-state index contributed by atoms with van der Waals surface area (Å²) in [5, 5.41) is 0. The molecule has 1 fully saturated rings. The van der Waals surface area contributed by atoms with Gasteiger partial charge in [0.2, 0.25) is 10.0 Å². The van der Waals surface area contributed by atoms with Crippen LogP contribution in [0, 0.1) is 12.8 Å². The van der Waals surface area contributed by atoms with Gasteiger partial charge in [-0.25, -0.2) is 12.7 Å². The molecule has 0 radical (unpaired) electrons. The van der Waals surface area contributed by atoms with Crippen molar-refractivity contribution in [2.75, 3.05) is 13.6 Å².